The van der Waals surface area contributed by atoms with Gasteiger partial charge in [0.05, 0.1) is 43.3 Å². The third-order valence-corrected chi connectivity index (χ3v) is 7.19. The summed E-state index contributed by atoms with van der Waals surface area (Å²) in [5.74, 6) is -1.60. The van der Waals surface area contributed by atoms with Crippen molar-refractivity contribution in [1.29, 1.82) is 0 Å². The highest BCUT2D eigenvalue weighted by Crippen LogP contribution is 2.31. The molecule has 0 aliphatic rings. The predicted octanol–water partition coefficient (Wildman–Crippen LogP) is 3.81. The minimum Gasteiger partial charge on any atom is -0.497 e. The highest BCUT2D eigenvalue weighted by atomic mass is 16.5. The van der Waals surface area contributed by atoms with Gasteiger partial charge in [-0.25, -0.2) is 19.3 Å². The molecule has 0 aliphatic carbocycles. The third kappa shape index (κ3) is 9.88. The van der Waals surface area contributed by atoms with Crippen LogP contribution in [0, 0.1) is 6.92 Å². The van der Waals surface area contributed by atoms with Crippen LogP contribution < -0.4 is 25.7 Å². The van der Waals surface area contributed by atoms with Gasteiger partial charge in [0.15, 0.2) is 0 Å². The Bertz CT molecular complexity index is 2130. The van der Waals surface area contributed by atoms with E-state index >= 15 is 0 Å². The molecule has 0 unspecified atom stereocenters. The van der Waals surface area contributed by atoms with Gasteiger partial charge in [0.2, 0.25) is 0 Å². The number of esters is 1. The van der Waals surface area contributed by atoms with Gasteiger partial charge in [-0.2, -0.15) is 0 Å². The number of rotatable bonds is 13. The van der Waals surface area contributed by atoms with Crippen LogP contribution in [0.1, 0.15) is 23.0 Å². The molecule has 0 saturated heterocycles. The lowest BCUT2D eigenvalue weighted by Gasteiger charge is -2.18. The number of nitrogens with zero attached hydrogens (tertiary/aromatic N) is 4. The number of ether oxygens (including phenoxy) is 3. The lowest BCUT2D eigenvalue weighted by atomic mass is 10.2. The molecule has 1 atom stereocenters. The fourth-order valence-electron chi connectivity index (χ4n) is 4.93. The number of benzene rings is 2. The Morgan fingerprint density at radius 1 is 0.942 bits per heavy atom. The topological polar surface area (TPSA) is 213 Å². The summed E-state index contributed by atoms with van der Waals surface area (Å²) in [4.78, 5) is 66.9. The van der Waals surface area contributed by atoms with Crippen molar-refractivity contribution in [2.45, 2.75) is 26.5 Å². The first-order chi connectivity index (χ1) is 24.9. The van der Waals surface area contributed by atoms with E-state index in [2.05, 4.69) is 20.6 Å². The summed E-state index contributed by atoms with van der Waals surface area (Å²) in [7, 11) is 3.24. The molecule has 270 valence electrons. The van der Waals surface area contributed by atoms with Gasteiger partial charge in [0.1, 0.15) is 34.7 Å². The van der Waals surface area contributed by atoms with Crippen LogP contribution in [-0.2, 0) is 25.7 Å². The first-order valence-corrected chi connectivity index (χ1v) is 15.7. The quantitative estimate of drug-likeness (QED) is 0.101. The van der Waals surface area contributed by atoms with Crippen LogP contribution in [0.2, 0.25) is 0 Å². The lowest BCUT2D eigenvalue weighted by Crippen LogP contribution is -2.30. The van der Waals surface area contributed by atoms with E-state index < -0.39 is 35.5 Å². The molecule has 16 nitrogen and oxygen atoms in total. The number of likely N-dealkylation sites (N-methyl/N-ethyl adjacent to an activating group) is 1. The fraction of sp³-hybridized carbons (Fsp3) is 0.194. The number of nitrogens with one attached hydrogen (secondary N) is 2. The van der Waals surface area contributed by atoms with E-state index in [1.165, 1.54) is 10.9 Å². The molecule has 0 aliphatic heterocycles. The Labute approximate surface area is 296 Å². The van der Waals surface area contributed by atoms with E-state index in [-0.39, 0.29) is 24.5 Å². The first kappa shape index (κ1) is 38.0. The van der Waals surface area contributed by atoms with Crippen LogP contribution in [-0.4, -0.2) is 80.2 Å². The van der Waals surface area contributed by atoms with Crippen molar-refractivity contribution in [3.8, 4) is 22.9 Å². The van der Waals surface area contributed by atoms with Crippen molar-refractivity contribution in [1.82, 2.24) is 24.6 Å². The smallest absolute Gasteiger partial charge is 0.328 e. The van der Waals surface area contributed by atoms with E-state index in [0.717, 1.165) is 5.39 Å². The van der Waals surface area contributed by atoms with Gasteiger partial charge in [-0.1, -0.05) is 18.2 Å². The van der Waals surface area contributed by atoms with E-state index in [1.807, 2.05) is 24.3 Å². The molecule has 3 aromatic heterocycles. The van der Waals surface area contributed by atoms with Gasteiger partial charge in [-0.05, 0) is 63.4 Å². The number of carbonyl (C=O) groups is 4. The molecule has 3 heterocycles. The highest BCUT2D eigenvalue weighted by Gasteiger charge is 2.25. The normalized spacial score (nSPS) is 11.3. The summed E-state index contributed by atoms with van der Waals surface area (Å²) in [6.45, 7) is 3.61. The average molecular weight is 713 g/mol. The zero-order chi connectivity index (χ0) is 37.8. The van der Waals surface area contributed by atoms with E-state index in [9.17, 15) is 24.0 Å². The zero-order valence-corrected chi connectivity index (χ0v) is 28.6. The third-order valence-electron chi connectivity index (χ3n) is 7.19. The molecule has 0 radical (unpaired) electrons. The molecule has 2 aromatic carbocycles. The fourth-order valence-corrected chi connectivity index (χ4v) is 4.93. The number of hydrogen-bond acceptors (Lipinski definition) is 11. The molecule has 0 fully saturated rings. The predicted molar refractivity (Wildman–Crippen MR) is 189 cm³/mol. The highest BCUT2D eigenvalue weighted by molar-refractivity contribution is 6.04. The Morgan fingerprint density at radius 3 is 2.25 bits per heavy atom. The SMILES string of the molecule is CNCC(=O)O[C@H](C)Cn1c(C)c(C(=O)Nc2ccc(Oc3ccnc4cc(OC)ccc34)cn2)c(=O)n1-c1ccccc1.O=C(O)C=CC(=O)O. The van der Waals surface area contributed by atoms with Crippen molar-refractivity contribution in [3.63, 3.8) is 0 Å². The Morgan fingerprint density at radius 2 is 1.63 bits per heavy atom. The van der Waals surface area contributed by atoms with Crippen molar-refractivity contribution in [2.75, 3.05) is 26.0 Å². The zero-order valence-electron chi connectivity index (χ0n) is 28.6. The molecule has 0 spiro atoms. The first-order valence-electron chi connectivity index (χ1n) is 15.7. The van der Waals surface area contributed by atoms with Crippen LogP contribution in [0.4, 0.5) is 5.82 Å². The number of aromatic nitrogens is 4. The number of amides is 1. The van der Waals surface area contributed by atoms with E-state index in [4.69, 9.17) is 24.4 Å². The van der Waals surface area contributed by atoms with Crippen molar-refractivity contribution in [3.05, 3.63) is 113 Å². The lowest BCUT2D eigenvalue weighted by molar-refractivity contribution is -0.147. The van der Waals surface area contributed by atoms with Crippen LogP contribution in [0.15, 0.2) is 96.1 Å². The van der Waals surface area contributed by atoms with Crippen LogP contribution >= 0.6 is 0 Å². The molecule has 5 rings (SSSR count). The number of aliphatic carboxylic acids is 2. The van der Waals surface area contributed by atoms with Gasteiger partial charge in [0, 0.05) is 29.8 Å². The van der Waals surface area contributed by atoms with Gasteiger partial charge in [-0.3, -0.25) is 24.0 Å². The van der Waals surface area contributed by atoms with Gasteiger partial charge in [0.25, 0.3) is 11.5 Å². The number of carboxylic acid groups (broad SMARTS) is 2. The number of pyridine rings is 2. The average Bonchev–Trinajstić information content (AvgIpc) is 3.36. The van der Waals surface area contributed by atoms with Crippen molar-refractivity contribution in [2.24, 2.45) is 0 Å². The Kier molecular flexibility index (Phi) is 13.0. The van der Waals surface area contributed by atoms with Crippen LogP contribution in [0.5, 0.6) is 17.2 Å². The summed E-state index contributed by atoms with van der Waals surface area (Å²) in [5.41, 5.74) is 1.13. The van der Waals surface area contributed by atoms with Gasteiger partial charge < -0.3 is 35.1 Å². The second-order valence-electron chi connectivity index (χ2n) is 11.0. The maximum atomic E-state index is 13.7. The van der Waals surface area contributed by atoms with E-state index in [0.29, 0.717) is 46.3 Å². The second kappa shape index (κ2) is 17.7. The number of methoxy groups -OCH3 is 1. The van der Waals surface area contributed by atoms with E-state index in [1.54, 1.807) is 81.3 Å². The molecule has 4 N–H and O–H groups in total. The van der Waals surface area contributed by atoms with Crippen LogP contribution in [0.3, 0.4) is 0 Å². The molecule has 1 amide bonds. The number of fused-ring (bicyclic) bond motifs is 1. The second-order valence-corrected chi connectivity index (χ2v) is 11.0. The van der Waals surface area contributed by atoms with Crippen LogP contribution in [0.25, 0.3) is 16.6 Å². The van der Waals surface area contributed by atoms with Gasteiger partial charge in [-0.15, -0.1) is 0 Å². The molecule has 5 aromatic rings. The minimum atomic E-state index is -1.26. The number of anilines is 1. The monoisotopic (exact) mass is 712 g/mol. The molecule has 52 heavy (non-hydrogen) atoms. The molecule has 16 heteroatoms. The molecular weight excluding hydrogens is 676 g/mol. The largest absolute Gasteiger partial charge is 0.497 e. The minimum absolute atomic E-state index is 0.0524. The number of hydrogen-bond donors (Lipinski definition) is 4. The summed E-state index contributed by atoms with van der Waals surface area (Å²) in [5, 5.41) is 21.9. The number of carboxylic acids is 2. The maximum Gasteiger partial charge on any atom is 0.328 e. The number of para-hydroxylation sites is 1. The summed E-state index contributed by atoms with van der Waals surface area (Å²) >= 11 is 0. The Hall–Kier alpha value is -6.81. The Balaban J connectivity index is 0.000000677. The molecule has 0 bridgehead atoms. The number of carbonyl (C=O) groups excluding carboxylic acids is 2. The molecular formula is C36H36N6O10. The van der Waals surface area contributed by atoms with Crippen molar-refractivity contribution >= 4 is 40.5 Å². The molecule has 0 saturated carbocycles. The summed E-state index contributed by atoms with van der Waals surface area (Å²) < 4.78 is 19.8. The standard InChI is InChI=1S/C32H32N6O6.C4H4O4/c1-20(43-29(39)18-33-3)19-37-21(2)30(32(41)38(37)22-8-6-5-7-9-22)31(40)36-28-13-11-24(17-35-28)44-27-14-15-34-26-16-23(42-4)10-12-25(26)27;5-3(6)1-2-4(7)8/h5-17,20,33H,18-19H2,1-4H3,(H,35,36,40);1-2H,(H,5,6)(H,7,8)/t20-;/m1./s1. The van der Waals surface area contributed by atoms with Crippen molar-refractivity contribution < 1.29 is 43.6 Å². The van der Waals surface area contributed by atoms with Gasteiger partial charge >= 0.3 is 17.9 Å². The maximum absolute atomic E-state index is 13.7. The summed E-state index contributed by atoms with van der Waals surface area (Å²) in [6, 6.07) is 19.5. The summed E-state index contributed by atoms with van der Waals surface area (Å²) in [6.07, 6.45) is 3.67.